The van der Waals surface area contributed by atoms with Crippen molar-refractivity contribution in [3.63, 3.8) is 0 Å². The lowest BCUT2D eigenvalue weighted by Gasteiger charge is -2.26. The highest BCUT2D eigenvalue weighted by atomic mass is 32.2. The number of benzene rings is 1. The maximum absolute atomic E-state index is 13.0. The van der Waals surface area contributed by atoms with Gasteiger partial charge in [0.2, 0.25) is 5.91 Å². The van der Waals surface area contributed by atoms with E-state index in [4.69, 9.17) is 9.47 Å². The van der Waals surface area contributed by atoms with Crippen LogP contribution in [0, 0.1) is 5.92 Å². The summed E-state index contributed by atoms with van der Waals surface area (Å²) >= 11 is 0.978. The molecule has 0 fully saturated rings. The minimum Gasteiger partial charge on any atom is -0.480 e. The summed E-state index contributed by atoms with van der Waals surface area (Å²) in [6.45, 7) is 5.33. The number of rotatable bonds is 6. The Kier molecular flexibility index (Phi) is 7.02. The molecule has 0 bridgehead atoms. The molecule has 1 N–H and O–H groups in total. The van der Waals surface area contributed by atoms with Gasteiger partial charge < -0.3 is 14.6 Å². The molecule has 10 heteroatoms. The average molecular weight is 423 g/mol. The Bertz CT molecular complexity index is 881. The summed E-state index contributed by atoms with van der Waals surface area (Å²) in [6.07, 6.45) is -0.00239. The van der Waals surface area contributed by atoms with Crippen LogP contribution >= 0.6 is 11.8 Å². The van der Waals surface area contributed by atoms with Gasteiger partial charge in [0.1, 0.15) is 6.04 Å². The van der Waals surface area contributed by atoms with Crippen LogP contribution in [0.25, 0.3) is 0 Å². The van der Waals surface area contributed by atoms with Gasteiger partial charge in [-0.25, -0.2) is 4.79 Å². The summed E-state index contributed by atoms with van der Waals surface area (Å²) < 4.78 is 10.2. The molecule has 9 nitrogen and oxygen atoms in total. The van der Waals surface area contributed by atoms with E-state index in [1.807, 2.05) is 0 Å². The third-order valence-corrected chi connectivity index (χ3v) is 5.19. The lowest BCUT2D eigenvalue weighted by molar-refractivity contribution is -0.140. The third kappa shape index (κ3) is 5.35. The molecule has 2 atom stereocenters. The topological polar surface area (TPSA) is 127 Å². The van der Waals surface area contributed by atoms with Gasteiger partial charge in [0.25, 0.3) is 0 Å². The third-order valence-electron chi connectivity index (χ3n) is 4.12. The number of carboxylic acids is 1. The quantitative estimate of drug-likeness (QED) is 0.538. The number of anilines is 1. The van der Waals surface area contributed by atoms with Crippen LogP contribution in [0.15, 0.2) is 12.1 Å². The molecule has 1 heterocycles. The molecule has 1 aromatic carbocycles. The number of aliphatic carboxylic acids is 1. The van der Waals surface area contributed by atoms with Crippen molar-refractivity contribution in [1.29, 1.82) is 0 Å². The second-order valence-corrected chi connectivity index (χ2v) is 7.78. The number of carbonyl (C=O) groups excluding carboxylic acids is 4. The first-order valence-electron chi connectivity index (χ1n) is 8.74. The zero-order valence-corrected chi connectivity index (χ0v) is 17.2. The molecular weight excluding hydrogens is 402 g/mol. The molecule has 2 rings (SSSR count). The van der Waals surface area contributed by atoms with E-state index in [2.05, 4.69) is 0 Å². The van der Waals surface area contributed by atoms with Crippen molar-refractivity contribution in [3.05, 3.63) is 17.7 Å². The summed E-state index contributed by atoms with van der Waals surface area (Å²) in [6, 6.07) is 1.55. The van der Waals surface area contributed by atoms with Crippen LogP contribution in [-0.2, 0) is 30.4 Å². The molecule has 0 aromatic heterocycles. The number of thioether (sulfide) groups is 1. The van der Waals surface area contributed by atoms with E-state index in [-0.39, 0.29) is 34.5 Å². The van der Waals surface area contributed by atoms with E-state index in [9.17, 15) is 29.1 Å². The lowest BCUT2D eigenvalue weighted by atomic mass is 10.1. The number of nitrogens with zero attached hydrogens (tertiary/aromatic N) is 1. The minimum atomic E-state index is -1.20. The summed E-state index contributed by atoms with van der Waals surface area (Å²) in [5.74, 6) is -3.55. The van der Waals surface area contributed by atoms with Crippen LogP contribution in [-0.4, -0.2) is 45.8 Å². The highest BCUT2D eigenvalue weighted by Gasteiger charge is 2.41. The number of fused-ring (bicyclic) bond motifs is 1. The molecule has 29 heavy (non-hydrogen) atoms. The first-order chi connectivity index (χ1) is 13.5. The van der Waals surface area contributed by atoms with E-state index >= 15 is 0 Å². The Morgan fingerprint density at radius 3 is 2.14 bits per heavy atom. The molecule has 0 saturated heterocycles. The molecule has 1 aliphatic rings. The molecule has 1 aromatic rings. The Morgan fingerprint density at radius 1 is 1.10 bits per heavy atom. The first-order valence-corrected chi connectivity index (χ1v) is 9.72. The highest BCUT2D eigenvalue weighted by Crippen LogP contribution is 2.42. The van der Waals surface area contributed by atoms with Crippen molar-refractivity contribution in [2.75, 3.05) is 10.7 Å². The van der Waals surface area contributed by atoms with Crippen molar-refractivity contribution in [3.8, 4) is 11.5 Å². The van der Waals surface area contributed by atoms with Gasteiger partial charge in [-0.05, 0) is 11.6 Å². The second-order valence-electron chi connectivity index (χ2n) is 6.58. The van der Waals surface area contributed by atoms with E-state index in [1.165, 1.54) is 26.0 Å². The number of hydrogen-bond acceptors (Lipinski definition) is 8. The Hall–Kier alpha value is -2.88. The van der Waals surface area contributed by atoms with Gasteiger partial charge in [0.15, 0.2) is 16.6 Å². The summed E-state index contributed by atoms with van der Waals surface area (Å²) in [5.41, 5.74) is 0.721. The predicted molar refractivity (Wildman–Crippen MR) is 104 cm³/mol. The van der Waals surface area contributed by atoms with Gasteiger partial charge in [0.05, 0.1) is 5.69 Å². The summed E-state index contributed by atoms with van der Waals surface area (Å²) in [4.78, 5) is 59.9. The van der Waals surface area contributed by atoms with Crippen molar-refractivity contribution in [2.24, 2.45) is 5.92 Å². The van der Waals surface area contributed by atoms with Gasteiger partial charge in [-0.3, -0.25) is 24.1 Å². The van der Waals surface area contributed by atoms with Crippen molar-refractivity contribution in [1.82, 2.24) is 0 Å². The molecule has 0 aliphatic carbocycles. The smallest absolute Gasteiger partial charge is 0.327 e. The normalized spacial score (nSPS) is 16.0. The Balaban J connectivity index is 2.49. The number of carboxylic acid groups (broad SMARTS) is 1. The monoisotopic (exact) mass is 423 g/mol. The molecule has 0 radical (unpaired) electrons. The molecule has 2 unspecified atom stereocenters. The largest absolute Gasteiger partial charge is 0.480 e. The minimum absolute atomic E-state index is 0.00239. The molecule has 1 amide bonds. The SMILES string of the molecule is CC(=O)Oc1cc2c(cc1OC(C)=O)N(C(=O)C(C)CSC(C)=O)C(C(=O)O)C2. The van der Waals surface area contributed by atoms with E-state index in [0.29, 0.717) is 5.56 Å². The predicted octanol–water partition coefficient (Wildman–Crippen LogP) is 1.80. The fraction of sp³-hybridized carbons (Fsp3) is 0.421. The van der Waals surface area contributed by atoms with Crippen LogP contribution in [0.5, 0.6) is 11.5 Å². The number of carbonyl (C=O) groups is 5. The van der Waals surface area contributed by atoms with Crippen molar-refractivity contribution >= 4 is 46.4 Å². The number of hydrogen-bond donors (Lipinski definition) is 1. The Labute approximate surface area is 171 Å². The standard InChI is InChI=1S/C19H21NO8S/c1-9(8-29-12(4)23)18(24)20-14-7-17(28-11(3)22)16(27-10(2)21)6-13(14)5-15(20)19(25)26/h6-7,9,15H,5,8H2,1-4H3,(H,25,26). The maximum atomic E-state index is 13.0. The van der Waals surface area contributed by atoms with Crippen LogP contribution in [0.4, 0.5) is 5.69 Å². The number of ether oxygens (including phenoxy) is 2. The number of amides is 1. The summed E-state index contributed by atoms with van der Waals surface area (Å²) in [5, 5.41) is 9.46. The zero-order valence-electron chi connectivity index (χ0n) is 16.4. The van der Waals surface area contributed by atoms with Gasteiger partial charge >= 0.3 is 17.9 Å². The zero-order chi connectivity index (χ0) is 21.9. The van der Waals surface area contributed by atoms with E-state index in [0.717, 1.165) is 23.6 Å². The lowest BCUT2D eigenvalue weighted by Crippen LogP contribution is -2.45. The van der Waals surface area contributed by atoms with E-state index in [1.54, 1.807) is 6.92 Å². The molecule has 1 aliphatic heterocycles. The number of esters is 2. The maximum Gasteiger partial charge on any atom is 0.327 e. The molecule has 0 spiro atoms. The first kappa shape index (κ1) is 22.4. The van der Waals surface area contributed by atoms with Crippen LogP contribution < -0.4 is 14.4 Å². The second kappa shape index (κ2) is 9.08. The van der Waals surface area contributed by atoms with Crippen LogP contribution in [0.1, 0.15) is 33.3 Å². The fourth-order valence-electron chi connectivity index (χ4n) is 2.94. The van der Waals surface area contributed by atoms with E-state index < -0.39 is 35.8 Å². The fourth-order valence-corrected chi connectivity index (χ4v) is 3.56. The van der Waals surface area contributed by atoms with Gasteiger partial charge in [-0.1, -0.05) is 18.7 Å². The molecule has 156 valence electrons. The van der Waals surface area contributed by atoms with Gasteiger partial charge in [-0.2, -0.15) is 0 Å². The molecule has 0 saturated carbocycles. The summed E-state index contributed by atoms with van der Waals surface area (Å²) in [7, 11) is 0. The van der Waals surface area contributed by atoms with Gasteiger partial charge in [-0.15, -0.1) is 0 Å². The molecular formula is C19H21NO8S. The van der Waals surface area contributed by atoms with Crippen LogP contribution in [0.3, 0.4) is 0 Å². The van der Waals surface area contributed by atoms with Crippen molar-refractivity contribution < 1.29 is 38.6 Å². The van der Waals surface area contributed by atoms with Gasteiger partial charge in [0, 0.05) is 44.9 Å². The van der Waals surface area contributed by atoms with Crippen LogP contribution in [0.2, 0.25) is 0 Å². The highest BCUT2D eigenvalue weighted by molar-refractivity contribution is 8.13. The average Bonchev–Trinajstić information content (AvgIpc) is 2.96. The van der Waals surface area contributed by atoms with Crippen molar-refractivity contribution in [2.45, 2.75) is 40.2 Å². The Morgan fingerprint density at radius 2 is 1.66 bits per heavy atom.